The highest BCUT2D eigenvalue weighted by Crippen LogP contribution is 2.64. The fourth-order valence-electron chi connectivity index (χ4n) is 9.81. The molecule has 56 heavy (non-hydrogen) atoms. The summed E-state index contributed by atoms with van der Waals surface area (Å²) in [5.41, 5.74) is 8.38. The van der Waals surface area contributed by atoms with Crippen LogP contribution in [-0.2, 0) is 22.9 Å². The minimum absolute atomic E-state index is 0.294. The van der Waals surface area contributed by atoms with Crippen molar-refractivity contribution < 1.29 is 26.3 Å². The highest BCUT2D eigenvalue weighted by molar-refractivity contribution is 5.89. The zero-order valence-corrected chi connectivity index (χ0v) is 32.0. The van der Waals surface area contributed by atoms with Gasteiger partial charge in [-0.3, -0.25) is 0 Å². The maximum atomic E-state index is 15.8. The molecule has 0 aliphatic heterocycles. The van der Waals surface area contributed by atoms with Gasteiger partial charge in [-0.05, 0) is 102 Å². The van der Waals surface area contributed by atoms with Crippen LogP contribution < -0.4 is 9.80 Å². The summed E-state index contributed by atoms with van der Waals surface area (Å²) in [6, 6.07) is 26.5. The monoisotopic (exact) mass is 758 g/mol. The van der Waals surface area contributed by atoms with Crippen molar-refractivity contribution in [2.75, 3.05) is 9.80 Å². The maximum absolute atomic E-state index is 15.8. The number of hydrogen-bond donors (Lipinski definition) is 0. The van der Waals surface area contributed by atoms with E-state index in [2.05, 4.69) is 38.1 Å². The van der Waals surface area contributed by atoms with Gasteiger partial charge in [-0.15, -0.1) is 0 Å². The number of fused-ring (bicyclic) bond motifs is 5. The SMILES string of the molecule is CCC1(N(c2ccc(C)cc2)c2c(F)cc(F)cc2F)Cc2cc3c(cc21)C(C)(C)c1cc2c(cc1-3)C2(CC)N(c1ccc(C)cc1)c1c(F)cc(F)cc1F. The number of rotatable bonds is 8. The highest BCUT2D eigenvalue weighted by Gasteiger charge is 2.58. The van der Waals surface area contributed by atoms with Crippen molar-refractivity contribution >= 4 is 22.7 Å². The second-order valence-corrected chi connectivity index (χ2v) is 16.2. The van der Waals surface area contributed by atoms with Gasteiger partial charge >= 0.3 is 0 Å². The summed E-state index contributed by atoms with van der Waals surface area (Å²) in [5.74, 6) is -5.87. The van der Waals surface area contributed by atoms with E-state index in [1.165, 1.54) is 0 Å². The molecule has 8 heteroatoms. The lowest BCUT2D eigenvalue weighted by Gasteiger charge is -2.53. The van der Waals surface area contributed by atoms with Crippen LogP contribution in [0.1, 0.15) is 85.0 Å². The summed E-state index contributed by atoms with van der Waals surface area (Å²) in [6.07, 6.45) is 1.51. The molecule has 0 radical (unpaired) electrons. The Kier molecular flexibility index (Phi) is 7.91. The van der Waals surface area contributed by atoms with Crippen LogP contribution in [0.5, 0.6) is 0 Å². The third-order valence-electron chi connectivity index (χ3n) is 12.8. The van der Waals surface area contributed by atoms with Crippen LogP contribution in [0.4, 0.5) is 49.1 Å². The Bertz CT molecular complexity index is 2570. The molecule has 284 valence electrons. The lowest BCUT2D eigenvalue weighted by molar-refractivity contribution is 0.354. The first-order valence-corrected chi connectivity index (χ1v) is 19.1. The second-order valence-electron chi connectivity index (χ2n) is 16.2. The Morgan fingerprint density at radius 3 is 1.41 bits per heavy atom. The van der Waals surface area contributed by atoms with Crippen LogP contribution in [0.3, 0.4) is 0 Å². The third-order valence-corrected chi connectivity index (χ3v) is 12.8. The van der Waals surface area contributed by atoms with Crippen molar-refractivity contribution in [3.8, 4) is 11.1 Å². The summed E-state index contributed by atoms with van der Waals surface area (Å²) >= 11 is 0. The predicted octanol–water partition coefficient (Wildman–Crippen LogP) is 13.2. The van der Waals surface area contributed by atoms with Crippen LogP contribution in [-0.4, -0.2) is 0 Å². The highest BCUT2D eigenvalue weighted by atomic mass is 19.2. The van der Waals surface area contributed by atoms with Gasteiger partial charge in [0.2, 0.25) is 0 Å². The lowest BCUT2D eigenvalue weighted by atomic mass is 9.65. The normalized spacial score (nSPS) is 19.4. The van der Waals surface area contributed by atoms with Gasteiger partial charge in [0, 0.05) is 47.5 Å². The van der Waals surface area contributed by atoms with E-state index in [1.54, 1.807) is 9.80 Å². The van der Waals surface area contributed by atoms with E-state index in [-0.39, 0.29) is 11.4 Å². The Morgan fingerprint density at radius 1 is 0.500 bits per heavy atom. The minimum Gasteiger partial charge on any atom is -0.326 e. The molecule has 2 nitrogen and oxygen atoms in total. The number of hydrogen-bond acceptors (Lipinski definition) is 2. The molecular weight excluding hydrogens is 719 g/mol. The van der Waals surface area contributed by atoms with Crippen molar-refractivity contribution in [2.45, 2.75) is 77.3 Å². The summed E-state index contributed by atoms with van der Waals surface area (Å²) in [6.45, 7) is 12.2. The molecule has 2 atom stereocenters. The number of halogens is 6. The molecule has 0 amide bonds. The molecule has 0 saturated carbocycles. The van der Waals surface area contributed by atoms with E-state index >= 15 is 17.6 Å². The van der Waals surface area contributed by atoms with Gasteiger partial charge in [-0.2, -0.15) is 0 Å². The van der Waals surface area contributed by atoms with Crippen molar-refractivity contribution in [1.82, 2.24) is 0 Å². The first-order valence-electron chi connectivity index (χ1n) is 19.1. The van der Waals surface area contributed by atoms with E-state index in [9.17, 15) is 8.78 Å². The maximum Gasteiger partial charge on any atom is 0.152 e. The van der Waals surface area contributed by atoms with Crippen molar-refractivity contribution in [3.63, 3.8) is 0 Å². The quantitative estimate of drug-likeness (QED) is 0.143. The first kappa shape index (κ1) is 36.2. The molecule has 9 rings (SSSR count). The molecule has 6 aromatic rings. The topological polar surface area (TPSA) is 6.48 Å². The first-order chi connectivity index (χ1) is 26.7. The molecule has 0 N–H and O–H groups in total. The molecule has 0 aromatic heterocycles. The molecule has 0 saturated heterocycles. The Hall–Kier alpha value is -5.50. The molecule has 0 fully saturated rings. The van der Waals surface area contributed by atoms with E-state index < -0.39 is 51.4 Å². The summed E-state index contributed by atoms with van der Waals surface area (Å²) in [7, 11) is 0. The zero-order valence-electron chi connectivity index (χ0n) is 32.0. The Labute approximate surface area is 323 Å². The van der Waals surface area contributed by atoms with Crippen molar-refractivity contribution in [2.24, 2.45) is 0 Å². The zero-order chi connectivity index (χ0) is 39.6. The summed E-state index contributed by atoms with van der Waals surface area (Å²) in [4.78, 5) is 3.40. The third kappa shape index (κ3) is 4.90. The van der Waals surface area contributed by atoms with E-state index in [0.29, 0.717) is 30.6 Å². The average Bonchev–Trinajstić information content (AvgIpc) is 3.72. The van der Waals surface area contributed by atoms with Gasteiger partial charge in [0.1, 0.15) is 23.0 Å². The molecule has 0 bridgehead atoms. The predicted molar refractivity (Wildman–Crippen MR) is 210 cm³/mol. The smallest absolute Gasteiger partial charge is 0.152 e. The van der Waals surface area contributed by atoms with E-state index in [0.717, 1.165) is 79.9 Å². The standard InChI is InChI=1S/C48H40F6N2/c1-7-47(55(31-13-9-26(3)10-14-31)44-40(51)18-29(49)19-41(44)52)25-28-17-33-34-22-38-39(24-37(34)46(5,6)36(33)23-35(28)47)48(38,8-2)56(32-15-11-27(4)12-16-32)45-42(53)20-30(50)21-43(45)54/h9-24H,7-8,25H2,1-6H3. The molecule has 0 heterocycles. The summed E-state index contributed by atoms with van der Waals surface area (Å²) < 4.78 is 91.5. The van der Waals surface area contributed by atoms with Gasteiger partial charge in [0.25, 0.3) is 0 Å². The molecule has 3 aliphatic rings. The Morgan fingerprint density at radius 2 is 0.929 bits per heavy atom. The summed E-state index contributed by atoms with van der Waals surface area (Å²) in [5, 5.41) is 0. The number of anilines is 4. The average molecular weight is 759 g/mol. The molecule has 0 spiro atoms. The Balaban J connectivity index is 1.19. The number of aryl methyl sites for hydroxylation is 2. The van der Waals surface area contributed by atoms with Gasteiger partial charge in [0.15, 0.2) is 23.3 Å². The lowest BCUT2D eigenvalue weighted by Crippen LogP contribution is -2.52. The van der Waals surface area contributed by atoms with Gasteiger partial charge < -0.3 is 9.80 Å². The van der Waals surface area contributed by atoms with Crippen molar-refractivity contribution in [1.29, 1.82) is 0 Å². The van der Waals surface area contributed by atoms with Gasteiger partial charge in [0.05, 0.1) is 11.1 Å². The van der Waals surface area contributed by atoms with Crippen LogP contribution >= 0.6 is 0 Å². The van der Waals surface area contributed by atoms with Gasteiger partial charge in [-0.25, -0.2) is 26.3 Å². The van der Waals surface area contributed by atoms with Crippen molar-refractivity contribution in [3.05, 3.63) is 176 Å². The molecule has 3 aliphatic carbocycles. The fraction of sp³-hybridized carbons (Fsp3) is 0.250. The fourth-order valence-corrected chi connectivity index (χ4v) is 9.81. The minimum atomic E-state index is -0.984. The van der Waals surface area contributed by atoms with E-state index in [4.69, 9.17) is 0 Å². The number of benzene rings is 6. The molecule has 2 unspecified atom stereocenters. The van der Waals surface area contributed by atoms with Gasteiger partial charge in [-0.1, -0.05) is 81.3 Å². The number of nitrogens with zero attached hydrogens (tertiary/aromatic N) is 2. The van der Waals surface area contributed by atoms with Crippen LogP contribution in [0, 0.1) is 48.8 Å². The van der Waals surface area contributed by atoms with Crippen LogP contribution in [0.2, 0.25) is 0 Å². The van der Waals surface area contributed by atoms with Crippen LogP contribution in [0.15, 0.2) is 97.1 Å². The largest absolute Gasteiger partial charge is 0.326 e. The van der Waals surface area contributed by atoms with Crippen LogP contribution in [0.25, 0.3) is 11.1 Å². The second kappa shape index (κ2) is 12.2. The molecule has 6 aromatic carbocycles. The molecular formula is C48H40F6N2. The van der Waals surface area contributed by atoms with E-state index in [1.807, 2.05) is 76.2 Å².